The van der Waals surface area contributed by atoms with Gasteiger partial charge >= 0.3 is 0 Å². The van der Waals surface area contributed by atoms with Crippen LogP contribution in [0.2, 0.25) is 0 Å². The van der Waals surface area contributed by atoms with Gasteiger partial charge in [0.2, 0.25) is 5.91 Å². The summed E-state index contributed by atoms with van der Waals surface area (Å²) >= 11 is 1.48. The van der Waals surface area contributed by atoms with Crippen molar-refractivity contribution < 1.29 is 4.79 Å². The molecule has 3 aromatic rings. The van der Waals surface area contributed by atoms with Crippen LogP contribution in [0, 0.1) is 6.92 Å². The van der Waals surface area contributed by atoms with Crippen molar-refractivity contribution in [2.45, 2.75) is 23.8 Å². The lowest BCUT2D eigenvalue weighted by molar-refractivity contribution is -0.126. The van der Waals surface area contributed by atoms with Crippen LogP contribution in [0.5, 0.6) is 0 Å². The zero-order valence-electron chi connectivity index (χ0n) is 12.4. The van der Waals surface area contributed by atoms with Crippen molar-refractivity contribution in [3.63, 3.8) is 0 Å². The van der Waals surface area contributed by atoms with E-state index in [1.54, 1.807) is 9.42 Å². The minimum Gasteiger partial charge on any atom is -0.345 e. The third-order valence-corrected chi connectivity index (χ3v) is 5.08. The Bertz CT molecular complexity index is 890. The SMILES string of the molecule is Cc1nc2c3ccccc3nc(SC3CCN(C)C3=O)n2n1. The molecule has 6 nitrogen and oxygen atoms in total. The van der Waals surface area contributed by atoms with E-state index in [2.05, 4.69) is 10.1 Å². The molecular weight excluding hydrogens is 298 g/mol. The Morgan fingerprint density at radius 2 is 2.09 bits per heavy atom. The van der Waals surface area contributed by atoms with Crippen molar-refractivity contribution in [1.29, 1.82) is 0 Å². The standard InChI is InChI=1S/C15H15N5OS/c1-9-16-13-10-5-3-4-6-11(10)17-15(20(13)18-9)22-12-7-8-19(2)14(12)21/h3-6,12H,7-8H2,1-2H3. The second kappa shape index (κ2) is 4.95. The number of nitrogens with zero attached hydrogens (tertiary/aromatic N) is 5. The zero-order chi connectivity index (χ0) is 15.3. The number of benzene rings is 1. The summed E-state index contributed by atoms with van der Waals surface area (Å²) in [4.78, 5) is 23.1. The molecule has 1 atom stereocenters. The monoisotopic (exact) mass is 313 g/mol. The van der Waals surface area contributed by atoms with Gasteiger partial charge in [-0.2, -0.15) is 4.52 Å². The van der Waals surface area contributed by atoms with Crippen molar-refractivity contribution in [2.75, 3.05) is 13.6 Å². The molecular formula is C15H15N5OS. The second-order valence-electron chi connectivity index (χ2n) is 5.46. The number of carbonyl (C=O) groups is 1. The van der Waals surface area contributed by atoms with E-state index < -0.39 is 0 Å². The van der Waals surface area contributed by atoms with Crippen LogP contribution in [-0.4, -0.2) is 49.2 Å². The zero-order valence-corrected chi connectivity index (χ0v) is 13.2. The lowest BCUT2D eigenvalue weighted by Crippen LogP contribution is -2.24. The van der Waals surface area contributed by atoms with Gasteiger partial charge in [0, 0.05) is 19.0 Å². The molecule has 4 rings (SSSR count). The van der Waals surface area contributed by atoms with Gasteiger partial charge in [-0.05, 0) is 25.5 Å². The summed E-state index contributed by atoms with van der Waals surface area (Å²) in [5.74, 6) is 0.861. The topological polar surface area (TPSA) is 63.4 Å². The summed E-state index contributed by atoms with van der Waals surface area (Å²) < 4.78 is 1.76. The average Bonchev–Trinajstić information content (AvgIpc) is 3.05. The van der Waals surface area contributed by atoms with E-state index in [0.29, 0.717) is 5.82 Å². The number of rotatable bonds is 2. The van der Waals surface area contributed by atoms with Crippen molar-refractivity contribution >= 4 is 34.2 Å². The molecule has 7 heteroatoms. The third-order valence-electron chi connectivity index (χ3n) is 3.88. The molecule has 22 heavy (non-hydrogen) atoms. The number of hydrogen-bond acceptors (Lipinski definition) is 5. The molecule has 1 aromatic carbocycles. The molecule has 0 saturated carbocycles. The highest BCUT2D eigenvalue weighted by Gasteiger charge is 2.31. The van der Waals surface area contributed by atoms with E-state index in [1.165, 1.54) is 11.8 Å². The van der Waals surface area contributed by atoms with E-state index in [1.807, 2.05) is 38.2 Å². The number of para-hydroxylation sites is 1. The Labute approximate surface area is 131 Å². The van der Waals surface area contributed by atoms with Crippen LogP contribution in [0.15, 0.2) is 29.4 Å². The van der Waals surface area contributed by atoms with Crippen LogP contribution >= 0.6 is 11.8 Å². The fraction of sp³-hybridized carbons (Fsp3) is 0.333. The first-order chi connectivity index (χ1) is 10.6. The van der Waals surface area contributed by atoms with Gasteiger partial charge in [-0.25, -0.2) is 9.97 Å². The molecule has 1 aliphatic heterocycles. The Kier molecular flexibility index (Phi) is 3.04. The summed E-state index contributed by atoms with van der Waals surface area (Å²) in [5.41, 5.74) is 1.67. The first-order valence-corrected chi connectivity index (χ1v) is 8.05. The number of fused-ring (bicyclic) bond motifs is 3. The molecule has 1 fully saturated rings. The molecule has 1 saturated heterocycles. The molecule has 1 aliphatic rings. The normalized spacial score (nSPS) is 18.7. The van der Waals surface area contributed by atoms with Gasteiger partial charge in [0.05, 0.1) is 10.8 Å². The number of likely N-dealkylation sites (tertiary alicyclic amines) is 1. The molecule has 1 unspecified atom stereocenters. The maximum Gasteiger partial charge on any atom is 0.235 e. The average molecular weight is 313 g/mol. The van der Waals surface area contributed by atoms with Crippen molar-refractivity contribution in [3.05, 3.63) is 30.1 Å². The quantitative estimate of drug-likeness (QED) is 0.676. The maximum absolute atomic E-state index is 12.1. The minimum absolute atomic E-state index is 0.0913. The van der Waals surface area contributed by atoms with Crippen LogP contribution in [0.3, 0.4) is 0 Å². The smallest absolute Gasteiger partial charge is 0.235 e. The predicted molar refractivity (Wildman–Crippen MR) is 84.9 cm³/mol. The summed E-state index contributed by atoms with van der Waals surface area (Å²) in [6, 6.07) is 7.88. The van der Waals surface area contributed by atoms with E-state index >= 15 is 0 Å². The fourth-order valence-electron chi connectivity index (χ4n) is 2.74. The molecule has 0 bridgehead atoms. The first-order valence-electron chi connectivity index (χ1n) is 7.17. The van der Waals surface area contributed by atoms with Gasteiger partial charge in [-0.1, -0.05) is 23.9 Å². The van der Waals surface area contributed by atoms with Crippen molar-refractivity contribution in [2.24, 2.45) is 0 Å². The van der Waals surface area contributed by atoms with Gasteiger partial charge in [0.15, 0.2) is 10.8 Å². The summed E-state index contributed by atoms with van der Waals surface area (Å²) in [6.07, 6.45) is 0.837. The number of aromatic nitrogens is 4. The largest absolute Gasteiger partial charge is 0.345 e. The highest BCUT2D eigenvalue weighted by atomic mass is 32.2. The minimum atomic E-state index is -0.0913. The summed E-state index contributed by atoms with van der Waals surface area (Å²) in [5, 5.41) is 6.05. The number of carbonyl (C=O) groups excluding carboxylic acids is 1. The fourth-order valence-corrected chi connectivity index (χ4v) is 3.87. The number of amides is 1. The van der Waals surface area contributed by atoms with Crippen LogP contribution < -0.4 is 0 Å². The van der Waals surface area contributed by atoms with E-state index in [4.69, 9.17) is 4.98 Å². The molecule has 0 spiro atoms. The van der Waals surface area contributed by atoms with E-state index in [0.717, 1.165) is 34.7 Å². The van der Waals surface area contributed by atoms with Gasteiger partial charge in [0.25, 0.3) is 0 Å². The van der Waals surface area contributed by atoms with Crippen LogP contribution in [0.1, 0.15) is 12.2 Å². The summed E-state index contributed by atoms with van der Waals surface area (Å²) in [7, 11) is 1.84. The molecule has 3 heterocycles. The van der Waals surface area contributed by atoms with Gasteiger partial charge in [0.1, 0.15) is 5.82 Å². The van der Waals surface area contributed by atoms with Crippen molar-refractivity contribution in [1.82, 2.24) is 24.5 Å². The lowest BCUT2D eigenvalue weighted by Gasteiger charge is -2.11. The molecule has 0 radical (unpaired) electrons. The number of aryl methyl sites for hydroxylation is 1. The second-order valence-corrected chi connectivity index (χ2v) is 6.63. The Morgan fingerprint density at radius 1 is 1.27 bits per heavy atom. The highest BCUT2D eigenvalue weighted by molar-refractivity contribution is 8.00. The summed E-state index contributed by atoms with van der Waals surface area (Å²) in [6.45, 7) is 2.66. The van der Waals surface area contributed by atoms with Crippen LogP contribution in [-0.2, 0) is 4.79 Å². The maximum atomic E-state index is 12.1. The van der Waals surface area contributed by atoms with Gasteiger partial charge in [-0.3, -0.25) is 4.79 Å². The van der Waals surface area contributed by atoms with Crippen LogP contribution in [0.25, 0.3) is 16.6 Å². The lowest BCUT2D eigenvalue weighted by atomic mass is 10.2. The van der Waals surface area contributed by atoms with Gasteiger partial charge in [-0.15, -0.1) is 5.10 Å². The van der Waals surface area contributed by atoms with E-state index in [-0.39, 0.29) is 11.2 Å². The predicted octanol–water partition coefficient (Wildman–Crippen LogP) is 1.91. The Balaban J connectivity index is 1.87. The van der Waals surface area contributed by atoms with Gasteiger partial charge < -0.3 is 4.90 Å². The first kappa shape index (κ1) is 13.5. The van der Waals surface area contributed by atoms with E-state index in [9.17, 15) is 4.79 Å². The number of thioether (sulfide) groups is 1. The Morgan fingerprint density at radius 3 is 2.86 bits per heavy atom. The third kappa shape index (κ3) is 2.04. The molecule has 2 aromatic heterocycles. The number of hydrogen-bond donors (Lipinski definition) is 0. The molecule has 112 valence electrons. The van der Waals surface area contributed by atoms with Crippen molar-refractivity contribution in [3.8, 4) is 0 Å². The molecule has 1 amide bonds. The Hall–Kier alpha value is -2.15. The van der Waals surface area contributed by atoms with Crippen LogP contribution in [0.4, 0.5) is 0 Å². The molecule has 0 N–H and O–H groups in total. The molecule has 0 aliphatic carbocycles. The highest BCUT2D eigenvalue weighted by Crippen LogP contribution is 2.31.